The van der Waals surface area contributed by atoms with E-state index in [9.17, 15) is 23.9 Å². The molecule has 2 aromatic carbocycles. The number of amides is 4. The van der Waals surface area contributed by atoms with Gasteiger partial charge in [0.25, 0.3) is 11.8 Å². The standard InChI is InChI=1S/C20H17FN2O5/c1-28-17-11-13(4-7-16(17)24)10-15-18(25)22-20(27)23(19(15)26)9-8-12-2-5-14(21)6-3-12/h2-7,10-11,24H,8-9H2,1H3,(H,22,25,27). The van der Waals surface area contributed by atoms with Gasteiger partial charge in [-0.15, -0.1) is 0 Å². The maximum atomic E-state index is 13.0. The molecule has 0 bridgehead atoms. The van der Waals surface area contributed by atoms with Crippen LogP contribution < -0.4 is 10.1 Å². The molecule has 0 aromatic heterocycles. The fourth-order valence-corrected chi connectivity index (χ4v) is 2.74. The van der Waals surface area contributed by atoms with Gasteiger partial charge in [0.15, 0.2) is 11.5 Å². The quantitative estimate of drug-likeness (QED) is 0.609. The third kappa shape index (κ3) is 4.01. The zero-order valence-electron chi connectivity index (χ0n) is 14.9. The Hall–Kier alpha value is -3.68. The summed E-state index contributed by atoms with van der Waals surface area (Å²) in [5.74, 6) is -1.82. The number of carbonyl (C=O) groups excluding carboxylic acids is 3. The van der Waals surface area contributed by atoms with Gasteiger partial charge in [-0.1, -0.05) is 18.2 Å². The molecule has 1 aliphatic heterocycles. The second-order valence-corrected chi connectivity index (χ2v) is 6.08. The molecule has 0 atom stereocenters. The van der Waals surface area contributed by atoms with Crippen LogP contribution in [-0.4, -0.2) is 41.5 Å². The summed E-state index contributed by atoms with van der Waals surface area (Å²) >= 11 is 0. The van der Waals surface area contributed by atoms with Crippen LogP contribution in [0.15, 0.2) is 48.0 Å². The Kier molecular flexibility index (Phi) is 5.39. The summed E-state index contributed by atoms with van der Waals surface area (Å²) in [6.07, 6.45) is 1.63. The van der Waals surface area contributed by atoms with Crippen molar-refractivity contribution < 1.29 is 28.6 Å². The monoisotopic (exact) mass is 384 g/mol. The van der Waals surface area contributed by atoms with Crippen molar-refractivity contribution in [1.82, 2.24) is 10.2 Å². The van der Waals surface area contributed by atoms with E-state index < -0.39 is 17.8 Å². The number of nitrogens with one attached hydrogen (secondary N) is 1. The fraction of sp³-hybridized carbons (Fsp3) is 0.150. The van der Waals surface area contributed by atoms with Gasteiger partial charge in [-0.3, -0.25) is 19.8 Å². The Balaban J connectivity index is 1.82. The number of barbiturate groups is 1. The Morgan fingerprint density at radius 3 is 2.54 bits per heavy atom. The van der Waals surface area contributed by atoms with Crippen molar-refractivity contribution in [1.29, 1.82) is 0 Å². The molecule has 1 aliphatic rings. The molecule has 0 spiro atoms. The molecule has 1 heterocycles. The summed E-state index contributed by atoms with van der Waals surface area (Å²) in [5.41, 5.74) is 0.972. The summed E-state index contributed by atoms with van der Waals surface area (Å²) in [6.45, 7) is 0.0276. The molecule has 7 nitrogen and oxygen atoms in total. The SMILES string of the molecule is COc1cc(C=C2C(=O)NC(=O)N(CCc3ccc(F)cc3)C2=O)ccc1O. The highest BCUT2D eigenvalue weighted by Gasteiger charge is 2.35. The van der Waals surface area contributed by atoms with E-state index in [4.69, 9.17) is 4.74 Å². The average Bonchev–Trinajstić information content (AvgIpc) is 2.67. The lowest BCUT2D eigenvalue weighted by Gasteiger charge is -2.26. The fourth-order valence-electron chi connectivity index (χ4n) is 2.74. The normalized spacial score (nSPS) is 15.7. The number of aromatic hydroxyl groups is 1. The maximum Gasteiger partial charge on any atom is 0.331 e. The minimum Gasteiger partial charge on any atom is -0.504 e. The van der Waals surface area contributed by atoms with Crippen LogP contribution in [-0.2, 0) is 16.0 Å². The van der Waals surface area contributed by atoms with Crippen LogP contribution in [0.5, 0.6) is 11.5 Å². The molecule has 28 heavy (non-hydrogen) atoms. The summed E-state index contributed by atoms with van der Waals surface area (Å²) in [5, 5.41) is 11.8. The lowest BCUT2D eigenvalue weighted by Crippen LogP contribution is -2.54. The first-order chi connectivity index (χ1) is 13.4. The number of hydrogen-bond donors (Lipinski definition) is 2. The Bertz CT molecular complexity index is 969. The van der Waals surface area contributed by atoms with Crippen molar-refractivity contribution in [2.75, 3.05) is 13.7 Å². The number of ether oxygens (including phenoxy) is 1. The predicted octanol–water partition coefficient (Wildman–Crippen LogP) is 2.24. The molecule has 4 amide bonds. The van der Waals surface area contributed by atoms with E-state index in [2.05, 4.69) is 5.32 Å². The van der Waals surface area contributed by atoms with Crippen molar-refractivity contribution in [3.05, 3.63) is 65.0 Å². The van der Waals surface area contributed by atoms with Crippen molar-refractivity contribution in [3.63, 3.8) is 0 Å². The minimum absolute atomic E-state index is 0.0276. The number of halogens is 1. The Morgan fingerprint density at radius 1 is 1.14 bits per heavy atom. The summed E-state index contributed by atoms with van der Waals surface area (Å²) < 4.78 is 18.0. The molecule has 1 fully saturated rings. The lowest BCUT2D eigenvalue weighted by atomic mass is 10.1. The zero-order valence-corrected chi connectivity index (χ0v) is 14.9. The number of benzene rings is 2. The van der Waals surface area contributed by atoms with Crippen LogP contribution in [0.2, 0.25) is 0 Å². The number of carbonyl (C=O) groups is 3. The topological polar surface area (TPSA) is 95.9 Å². The molecule has 144 valence electrons. The smallest absolute Gasteiger partial charge is 0.331 e. The summed E-state index contributed by atoms with van der Waals surface area (Å²) in [7, 11) is 1.38. The van der Waals surface area contributed by atoms with E-state index in [0.717, 1.165) is 10.5 Å². The highest BCUT2D eigenvalue weighted by atomic mass is 19.1. The molecule has 0 unspecified atom stereocenters. The first kappa shape index (κ1) is 19.1. The largest absolute Gasteiger partial charge is 0.504 e. The van der Waals surface area contributed by atoms with Crippen molar-refractivity contribution in [2.45, 2.75) is 6.42 Å². The van der Waals surface area contributed by atoms with Gasteiger partial charge in [-0.2, -0.15) is 0 Å². The van der Waals surface area contributed by atoms with Crippen LogP contribution in [0.1, 0.15) is 11.1 Å². The molecule has 2 N–H and O–H groups in total. The summed E-state index contributed by atoms with van der Waals surface area (Å²) in [6, 6.07) is 9.23. The molecule has 3 rings (SSSR count). The van der Waals surface area contributed by atoms with Gasteiger partial charge >= 0.3 is 6.03 Å². The zero-order chi connectivity index (χ0) is 20.3. The summed E-state index contributed by atoms with van der Waals surface area (Å²) in [4.78, 5) is 37.8. The first-order valence-corrected chi connectivity index (χ1v) is 8.39. The second kappa shape index (κ2) is 7.91. The van der Waals surface area contributed by atoms with Crippen LogP contribution in [0.3, 0.4) is 0 Å². The van der Waals surface area contributed by atoms with Crippen molar-refractivity contribution >= 4 is 23.9 Å². The third-order valence-corrected chi connectivity index (χ3v) is 4.24. The van der Waals surface area contributed by atoms with Crippen LogP contribution >= 0.6 is 0 Å². The van der Waals surface area contributed by atoms with Crippen LogP contribution in [0, 0.1) is 5.82 Å². The van der Waals surface area contributed by atoms with Crippen LogP contribution in [0.4, 0.5) is 9.18 Å². The molecule has 1 saturated heterocycles. The maximum absolute atomic E-state index is 13.0. The molecule has 0 aliphatic carbocycles. The van der Waals surface area contributed by atoms with Crippen LogP contribution in [0.25, 0.3) is 6.08 Å². The Morgan fingerprint density at radius 2 is 1.86 bits per heavy atom. The predicted molar refractivity (Wildman–Crippen MR) is 98.0 cm³/mol. The van der Waals surface area contributed by atoms with E-state index in [1.165, 1.54) is 43.5 Å². The van der Waals surface area contributed by atoms with Crippen molar-refractivity contribution in [3.8, 4) is 11.5 Å². The molecule has 0 radical (unpaired) electrons. The first-order valence-electron chi connectivity index (χ1n) is 8.39. The number of urea groups is 1. The Labute approximate surface area is 160 Å². The highest BCUT2D eigenvalue weighted by molar-refractivity contribution is 6.31. The molecular weight excluding hydrogens is 367 g/mol. The van der Waals surface area contributed by atoms with Gasteiger partial charge in [0, 0.05) is 6.54 Å². The van der Waals surface area contributed by atoms with Gasteiger partial charge in [-0.05, 0) is 47.9 Å². The van der Waals surface area contributed by atoms with Crippen molar-refractivity contribution in [2.24, 2.45) is 0 Å². The molecule has 0 saturated carbocycles. The average molecular weight is 384 g/mol. The number of phenols is 1. The van der Waals surface area contributed by atoms with Gasteiger partial charge in [0.05, 0.1) is 7.11 Å². The third-order valence-electron chi connectivity index (χ3n) is 4.24. The number of phenolic OH excluding ortho intramolecular Hbond substituents is 1. The van der Waals surface area contributed by atoms with Gasteiger partial charge in [0.1, 0.15) is 11.4 Å². The molecule has 8 heteroatoms. The number of methoxy groups -OCH3 is 1. The van der Waals surface area contributed by atoms with Gasteiger partial charge in [0.2, 0.25) is 0 Å². The van der Waals surface area contributed by atoms with E-state index >= 15 is 0 Å². The number of imide groups is 2. The van der Waals surface area contributed by atoms with Gasteiger partial charge < -0.3 is 9.84 Å². The van der Waals surface area contributed by atoms with E-state index in [1.54, 1.807) is 12.1 Å². The number of nitrogens with zero attached hydrogens (tertiary/aromatic N) is 1. The molecular formula is C20H17FN2O5. The number of hydrogen-bond acceptors (Lipinski definition) is 5. The number of rotatable bonds is 5. The molecule has 2 aromatic rings. The minimum atomic E-state index is -0.808. The highest BCUT2D eigenvalue weighted by Crippen LogP contribution is 2.27. The van der Waals surface area contributed by atoms with Gasteiger partial charge in [-0.25, -0.2) is 9.18 Å². The second-order valence-electron chi connectivity index (χ2n) is 6.08. The van der Waals surface area contributed by atoms with E-state index in [1.807, 2.05) is 0 Å². The van der Waals surface area contributed by atoms with E-state index in [-0.39, 0.29) is 29.4 Å². The van der Waals surface area contributed by atoms with E-state index in [0.29, 0.717) is 12.0 Å². The lowest BCUT2D eigenvalue weighted by molar-refractivity contribution is -0.130.